The molecule has 1 atom stereocenters. The van der Waals surface area contributed by atoms with Gasteiger partial charge in [-0.05, 0) is 37.5 Å². The number of ether oxygens (including phenoxy) is 1. The van der Waals surface area contributed by atoms with Crippen LogP contribution in [0.15, 0.2) is 18.2 Å². The first-order valence-corrected chi connectivity index (χ1v) is 7.05. The maximum Gasteiger partial charge on any atom is 0.251 e. The van der Waals surface area contributed by atoms with Crippen LogP contribution in [0.3, 0.4) is 0 Å². The summed E-state index contributed by atoms with van der Waals surface area (Å²) in [6, 6.07) is 5.95. The van der Waals surface area contributed by atoms with Crippen LogP contribution < -0.4 is 10.6 Å². The summed E-state index contributed by atoms with van der Waals surface area (Å²) >= 11 is 0. The number of aliphatic hydroxyl groups is 1. The molecule has 0 aliphatic carbocycles. The zero-order valence-corrected chi connectivity index (χ0v) is 11.8. The number of benzene rings is 1. The monoisotopic (exact) mass is 278 g/mol. The second kappa shape index (κ2) is 7.26. The molecule has 20 heavy (non-hydrogen) atoms. The topological polar surface area (TPSA) is 70.6 Å². The van der Waals surface area contributed by atoms with Gasteiger partial charge >= 0.3 is 0 Å². The Labute approximate surface area is 119 Å². The fourth-order valence-corrected chi connectivity index (χ4v) is 2.38. The van der Waals surface area contributed by atoms with Gasteiger partial charge in [0.2, 0.25) is 0 Å². The lowest BCUT2D eigenvalue weighted by Gasteiger charge is -2.25. The highest BCUT2D eigenvalue weighted by Crippen LogP contribution is 2.21. The average Bonchev–Trinajstić information content (AvgIpc) is 2.48. The quantitative estimate of drug-likeness (QED) is 0.759. The van der Waals surface area contributed by atoms with Gasteiger partial charge in [-0.3, -0.25) is 4.79 Å². The van der Waals surface area contributed by atoms with E-state index >= 15 is 0 Å². The Hall–Kier alpha value is -1.59. The van der Waals surface area contributed by atoms with E-state index in [1.165, 1.54) is 0 Å². The summed E-state index contributed by atoms with van der Waals surface area (Å²) in [5.41, 5.74) is 2.53. The Balaban J connectivity index is 2.08. The number of rotatable bonds is 5. The third-order valence-corrected chi connectivity index (χ3v) is 3.50. The Kier molecular flexibility index (Phi) is 5.38. The van der Waals surface area contributed by atoms with Gasteiger partial charge < -0.3 is 20.5 Å². The van der Waals surface area contributed by atoms with E-state index in [1.807, 2.05) is 19.1 Å². The van der Waals surface area contributed by atoms with E-state index in [1.54, 1.807) is 6.07 Å². The molecule has 0 saturated carbocycles. The van der Waals surface area contributed by atoms with E-state index in [0.717, 1.165) is 30.7 Å². The standard InChI is InChI=1S/C15H22N2O3/c1-11-13(15(19)16-7-8-18)5-2-6-14(11)17-12-4-3-9-20-10-12/h2,5-6,12,17-18H,3-4,7-10H2,1H3,(H,16,19). The van der Waals surface area contributed by atoms with Gasteiger partial charge in [-0.15, -0.1) is 0 Å². The molecular formula is C15H22N2O3. The zero-order valence-electron chi connectivity index (χ0n) is 11.8. The van der Waals surface area contributed by atoms with E-state index in [0.29, 0.717) is 18.2 Å². The van der Waals surface area contributed by atoms with Crippen molar-refractivity contribution in [3.8, 4) is 0 Å². The van der Waals surface area contributed by atoms with Gasteiger partial charge in [0, 0.05) is 30.4 Å². The molecule has 1 amide bonds. The fraction of sp³-hybridized carbons (Fsp3) is 0.533. The Morgan fingerprint density at radius 1 is 1.50 bits per heavy atom. The molecule has 110 valence electrons. The highest BCUT2D eigenvalue weighted by Gasteiger charge is 2.16. The van der Waals surface area contributed by atoms with Crippen LogP contribution in [0.1, 0.15) is 28.8 Å². The molecule has 5 nitrogen and oxygen atoms in total. The molecule has 1 heterocycles. The first-order valence-electron chi connectivity index (χ1n) is 7.05. The minimum atomic E-state index is -0.153. The smallest absolute Gasteiger partial charge is 0.251 e. The van der Waals surface area contributed by atoms with Crippen molar-refractivity contribution >= 4 is 11.6 Å². The first kappa shape index (κ1) is 14.8. The third-order valence-electron chi connectivity index (χ3n) is 3.50. The minimum Gasteiger partial charge on any atom is -0.395 e. The van der Waals surface area contributed by atoms with Gasteiger partial charge in [0.25, 0.3) is 5.91 Å². The molecule has 1 aliphatic heterocycles. The molecule has 1 unspecified atom stereocenters. The SMILES string of the molecule is Cc1c(NC2CCCOC2)cccc1C(=O)NCCO. The summed E-state index contributed by atoms with van der Waals surface area (Å²) in [6.45, 7) is 3.69. The highest BCUT2D eigenvalue weighted by molar-refractivity contribution is 5.97. The maximum atomic E-state index is 12.0. The first-order chi connectivity index (χ1) is 9.72. The molecule has 3 N–H and O–H groups in total. The second-order valence-electron chi connectivity index (χ2n) is 5.02. The maximum absolute atomic E-state index is 12.0. The van der Waals surface area contributed by atoms with Crippen LogP contribution in [0.2, 0.25) is 0 Å². The van der Waals surface area contributed by atoms with Crippen molar-refractivity contribution in [1.82, 2.24) is 5.32 Å². The van der Waals surface area contributed by atoms with Crippen molar-refractivity contribution in [2.75, 3.05) is 31.7 Å². The number of amides is 1. The van der Waals surface area contributed by atoms with Gasteiger partial charge in [0.1, 0.15) is 0 Å². The molecule has 1 fully saturated rings. The molecule has 2 rings (SSSR count). The predicted molar refractivity (Wildman–Crippen MR) is 78.1 cm³/mol. The van der Waals surface area contributed by atoms with Gasteiger partial charge in [-0.1, -0.05) is 6.07 Å². The zero-order chi connectivity index (χ0) is 14.4. The highest BCUT2D eigenvalue weighted by atomic mass is 16.5. The minimum absolute atomic E-state index is 0.0534. The van der Waals surface area contributed by atoms with E-state index < -0.39 is 0 Å². The van der Waals surface area contributed by atoms with Gasteiger partial charge in [-0.2, -0.15) is 0 Å². The summed E-state index contributed by atoms with van der Waals surface area (Å²) < 4.78 is 5.46. The predicted octanol–water partition coefficient (Wildman–Crippen LogP) is 1.31. The molecule has 1 aromatic carbocycles. The van der Waals surface area contributed by atoms with Crippen LogP contribution in [0.25, 0.3) is 0 Å². The van der Waals surface area contributed by atoms with Gasteiger partial charge in [0.05, 0.1) is 13.2 Å². The number of anilines is 1. The van der Waals surface area contributed by atoms with E-state index in [4.69, 9.17) is 9.84 Å². The van der Waals surface area contributed by atoms with Crippen LogP contribution in [-0.4, -0.2) is 43.4 Å². The van der Waals surface area contributed by atoms with E-state index in [9.17, 15) is 4.79 Å². The third kappa shape index (κ3) is 3.71. The summed E-state index contributed by atoms with van der Waals surface area (Å²) in [7, 11) is 0. The van der Waals surface area contributed by atoms with Crippen molar-refractivity contribution < 1.29 is 14.6 Å². The molecule has 1 saturated heterocycles. The Morgan fingerprint density at radius 2 is 2.35 bits per heavy atom. The normalized spacial score (nSPS) is 18.6. The number of hydrogen-bond acceptors (Lipinski definition) is 4. The molecule has 5 heteroatoms. The van der Waals surface area contributed by atoms with Gasteiger partial charge in [-0.25, -0.2) is 0 Å². The van der Waals surface area contributed by atoms with Crippen LogP contribution >= 0.6 is 0 Å². The number of carbonyl (C=O) groups excluding carboxylic acids is 1. The van der Waals surface area contributed by atoms with Crippen molar-refractivity contribution in [2.24, 2.45) is 0 Å². The van der Waals surface area contributed by atoms with Crippen LogP contribution in [0.4, 0.5) is 5.69 Å². The molecule has 0 aromatic heterocycles. The Morgan fingerprint density at radius 3 is 3.05 bits per heavy atom. The molecular weight excluding hydrogens is 256 g/mol. The number of carbonyl (C=O) groups is 1. The molecule has 0 radical (unpaired) electrons. The van der Waals surface area contributed by atoms with E-state index in [-0.39, 0.29) is 19.1 Å². The van der Waals surface area contributed by atoms with Crippen molar-refractivity contribution in [3.05, 3.63) is 29.3 Å². The van der Waals surface area contributed by atoms with Crippen molar-refractivity contribution in [3.63, 3.8) is 0 Å². The second-order valence-corrected chi connectivity index (χ2v) is 5.02. The lowest BCUT2D eigenvalue weighted by atomic mass is 10.0. The van der Waals surface area contributed by atoms with Crippen LogP contribution in [-0.2, 0) is 4.74 Å². The molecule has 1 aliphatic rings. The summed E-state index contributed by atoms with van der Waals surface area (Å²) in [4.78, 5) is 12.0. The number of nitrogens with one attached hydrogen (secondary N) is 2. The van der Waals surface area contributed by atoms with Crippen LogP contribution in [0, 0.1) is 6.92 Å². The molecule has 1 aromatic rings. The van der Waals surface area contributed by atoms with Gasteiger partial charge in [0.15, 0.2) is 0 Å². The summed E-state index contributed by atoms with van der Waals surface area (Å²) in [5.74, 6) is -0.153. The molecule has 0 spiro atoms. The fourth-order valence-electron chi connectivity index (χ4n) is 2.38. The van der Waals surface area contributed by atoms with Crippen molar-refractivity contribution in [1.29, 1.82) is 0 Å². The van der Waals surface area contributed by atoms with E-state index in [2.05, 4.69) is 10.6 Å². The number of hydrogen-bond donors (Lipinski definition) is 3. The van der Waals surface area contributed by atoms with Crippen molar-refractivity contribution in [2.45, 2.75) is 25.8 Å². The van der Waals surface area contributed by atoms with Crippen LogP contribution in [0.5, 0.6) is 0 Å². The average molecular weight is 278 g/mol. The number of aliphatic hydroxyl groups excluding tert-OH is 1. The summed E-state index contributed by atoms with van der Waals surface area (Å²) in [6.07, 6.45) is 2.15. The lowest BCUT2D eigenvalue weighted by Crippen LogP contribution is -2.31. The Bertz CT molecular complexity index is 456. The lowest BCUT2D eigenvalue weighted by molar-refractivity contribution is 0.0876. The largest absolute Gasteiger partial charge is 0.395 e. The molecule has 0 bridgehead atoms. The summed E-state index contributed by atoms with van der Waals surface area (Å²) in [5, 5.41) is 14.9.